The van der Waals surface area contributed by atoms with E-state index in [-0.39, 0.29) is 6.42 Å². The fourth-order valence-electron chi connectivity index (χ4n) is 2.07. The molecule has 112 valence electrons. The van der Waals surface area contributed by atoms with Crippen LogP contribution in [-0.4, -0.2) is 29.1 Å². The lowest BCUT2D eigenvalue weighted by Gasteiger charge is -2.18. The highest BCUT2D eigenvalue weighted by Gasteiger charge is 2.12. The third kappa shape index (κ3) is 4.04. The van der Waals surface area contributed by atoms with Crippen molar-refractivity contribution in [1.29, 1.82) is 0 Å². The Labute approximate surface area is 129 Å². The van der Waals surface area contributed by atoms with Gasteiger partial charge in [-0.2, -0.15) is 0 Å². The first-order valence-corrected chi connectivity index (χ1v) is 8.03. The summed E-state index contributed by atoms with van der Waals surface area (Å²) in [6, 6.07) is 8.42. The molecular weight excluding hydrogens is 284 g/mol. The average molecular weight is 304 g/mol. The number of aliphatic carboxylic acids is 1. The summed E-state index contributed by atoms with van der Waals surface area (Å²) in [6.07, 6.45) is 1.16. The number of rotatable bonds is 7. The summed E-state index contributed by atoms with van der Waals surface area (Å²) in [5.41, 5.74) is 3.36. The second-order valence-electron chi connectivity index (χ2n) is 4.79. The Kier molecular flexibility index (Phi) is 5.33. The lowest BCUT2D eigenvalue weighted by atomic mass is 10.1. The number of anilines is 1. The number of thiazole rings is 1. The van der Waals surface area contributed by atoms with Gasteiger partial charge in [-0.1, -0.05) is 31.2 Å². The molecule has 1 aromatic heterocycles. The molecule has 0 atom stereocenters. The maximum atomic E-state index is 10.7. The van der Waals surface area contributed by atoms with E-state index in [4.69, 9.17) is 5.11 Å². The van der Waals surface area contributed by atoms with Gasteiger partial charge in [0.25, 0.3) is 0 Å². The molecule has 0 spiro atoms. The molecule has 0 radical (unpaired) electrons. The smallest absolute Gasteiger partial charge is 0.305 e. The minimum absolute atomic E-state index is 0.133. The lowest BCUT2D eigenvalue weighted by molar-refractivity contribution is -0.136. The lowest BCUT2D eigenvalue weighted by Crippen LogP contribution is -2.25. The third-order valence-electron chi connectivity index (χ3n) is 3.40. The number of carboxylic acid groups (broad SMARTS) is 1. The maximum Gasteiger partial charge on any atom is 0.305 e. The van der Waals surface area contributed by atoms with E-state index in [1.165, 1.54) is 5.56 Å². The van der Waals surface area contributed by atoms with E-state index >= 15 is 0 Å². The molecule has 0 aliphatic rings. The van der Waals surface area contributed by atoms with Crippen molar-refractivity contribution in [3.8, 4) is 11.3 Å². The highest BCUT2D eigenvalue weighted by atomic mass is 32.1. The van der Waals surface area contributed by atoms with Crippen molar-refractivity contribution in [2.45, 2.75) is 26.7 Å². The molecule has 0 amide bonds. The number of hydrogen-bond donors (Lipinski definition) is 1. The standard InChI is InChI=1S/C16H20N2O2S/c1-3-12-5-7-13(8-6-12)14-11-21-16(17-14)18(4-2)10-9-15(19)20/h5-8,11H,3-4,9-10H2,1-2H3,(H,19,20). The number of carbonyl (C=O) groups is 1. The van der Waals surface area contributed by atoms with E-state index in [9.17, 15) is 4.79 Å². The molecule has 5 heteroatoms. The van der Waals surface area contributed by atoms with Crippen molar-refractivity contribution < 1.29 is 9.90 Å². The van der Waals surface area contributed by atoms with Gasteiger partial charge in [0.1, 0.15) is 0 Å². The number of nitrogens with zero attached hydrogens (tertiary/aromatic N) is 2. The number of hydrogen-bond acceptors (Lipinski definition) is 4. The van der Waals surface area contributed by atoms with Crippen molar-refractivity contribution in [1.82, 2.24) is 4.98 Å². The Balaban J connectivity index is 2.13. The molecule has 0 fully saturated rings. The van der Waals surface area contributed by atoms with Crippen LogP contribution in [0.5, 0.6) is 0 Å². The van der Waals surface area contributed by atoms with Gasteiger partial charge in [0.05, 0.1) is 12.1 Å². The number of benzene rings is 1. The number of aryl methyl sites for hydroxylation is 1. The third-order valence-corrected chi connectivity index (χ3v) is 4.30. The molecule has 1 N–H and O–H groups in total. The van der Waals surface area contributed by atoms with Crippen LogP contribution >= 0.6 is 11.3 Å². The summed E-state index contributed by atoms with van der Waals surface area (Å²) in [5, 5.41) is 11.7. The quantitative estimate of drug-likeness (QED) is 0.848. The van der Waals surface area contributed by atoms with E-state index in [1.54, 1.807) is 11.3 Å². The Morgan fingerprint density at radius 3 is 2.57 bits per heavy atom. The normalized spacial score (nSPS) is 10.6. The zero-order valence-corrected chi connectivity index (χ0v) is 13.2. The van der Waals surface area contributed by atoms with Gasteiger partial charge in [-0.05, 0) is 18.9 Å². The molecule has 4 nitrogen and oxygen atoms in total. The van der Waals surface area contributed by atoms with E-state index in [0.717, 1.165) is 29.4 Å². The molecule has 21 heavy (non-hydrogen) atoms. The van der Waals surface area contributed by atoms with Gasteiger partial charge in [0.15, 0.2) is 5.13 Å². The van der Waals surface area contributed by atoms with Crippen LogP contribution in [0.3, 0.4) is 0 Å². The second kappa shape index (κ2) is 7.22. The van der Waals surface area contributed by atoms with E-state index in [0.29, 0.717) is 6.54 Å². The average Bonchev–Trinajstić information content (AvgIpc) is 2.97. The van der Waals surface area contributed by atoms with E-state index in [2.05, 4.69) is 36.2 Å². The Hall–Kier alpha value is -1.88. The van der Waals surface area contributed by atoms with Gasteiger partial charge < -0.3 is 10.0 Å². The molecule has 0 aliphatic carbocycles. The minimum atomic E-state index is -0.777. The molecule has 0 saturated carbocycles. The van der Waals surface area contributed by atoms with Gasteiger partial charge in [0, 0.05) is 24.0 Å². The van der Waals surface area contributed by atoms with Crippen LogP contribution in [0.2, 0.25) is 0 Å². The first kappa shape index (κ1) is 15.5. The largest absolute Gasteiger partial charge is 0.481 e. The molecule has 2 rings (SSSR count). The van der Waals surface area contributed by atoms with Crippen molar-refractivity contribution >= 4 is 22.4 Å². The summed E-state index contributed by atoms with van der Waals surface area (Å²) in [6.45, 7) is 5.40. The summed E-state index contributed by atoms with van der Waals surface area (Å²) >= 11 is 1.56. The van der Waals surface area contributed by atoms with Crippen molar-refractivity contribution in [3.05, 3.63) is 35.2 Å². The molecule has 0 unspecified atom stereocenters. The molecule has 2 aromatic rings. The molecule has 0 bridgehead atoms. The van der Waals surface area contributed by atoms with Gasteiger partial charge in [-0.15, -0.1) is 11.3 Å². The van der Waals surface area contributed by atoms with Crippen LogP contribution in [0.25, 0.3) is 11.3 Å². The van der Waals surface area contributed by atoms with Crippen LogP contribution in [0.4, 0.5) is 5.13 Å². The van der Waals surface area contributed by atoms with Gasteiger partial charge in [-0.3, -0.25) is 4.79 Å². The zero-order chi connectivity index (χ0) is 15.2. The fourth-order valence-corrected chi connectivity index (χ4v) is 3.00. The number of carboxylic acids is 1. The molecule has 1 aromatic carbocycles. The SMILES string of the molecule is CCc1ccc(-c2csc(N(CC)CCC(=O)O)n2)cc1. The minimum Gasteiger partial charge on any atom is -0.481 e. The fraction of sp³-hybridized carbons (Fsp3) is 0.375. The zero-order valence-electron chi connectivity index (χ0n) is 12.4. The van der Waals surface area contributed by atoms with Gasteiger partial charge in [-0.25, -0.2) is 4.98 Å². The van der Waals surface area contributed by atoms with Crippen LogP contribution in [0.1, 0.15) is 25.8 Å². The first-order chi connectivity index (χ1) is 10.1. The van der Waals surface area contributed by atoms with Crippen LogP contribution in [0.15, 0.2) is 29.6 Å². The highest BCUT2D eigenvalue weighted by Crippen LogP contribution is 2.27. The summed E-state index contributed by atoms with van der Waals surface area (Å²) in [7, 11) is 0. The van der Waals surface area contributed by atoms with Crippen LogP contribution < -0.4 is 4.90 Å². The van der Waals surface area contributed by atoms with Crippen LogP contribution in [-0.2, 0) is 11.2 Å². The van der Waals surface area contributed by atoms with E-state index < -0.39 is 5.97 Å². The second-order valence-corrected chi connectivity index (χ2v) is 5.63. The van der Waals surface area contributed by atoms with Crippen molar-refractivity contribution in [2.75, 3.05) is 18.0 Å². The van der Waals surface area contributed by atoms with Gasteiger partial charge in [0.2, 0.25) is 0 Å². The van der Waals surface area contributed by atoms with E-state index in [1.807, 2.05) is 17.2 Å². The molecule has 1 heterocycles. The Morgan fingerprint density at radius 1 is 1.29 bits per heavy atom. The van der Waals surface area contributed by atoms with Gasteiger partial charge >= 0.3 is 5.97 Å². The maximum absolute atomic E-state index is 10.7. The van der Waals surface area contributed by atoms with Crippen molar-refractivity contribution in [3.63, 3.8) is 0 Å². The Bertz CT molecular complexity index is 593. The summed E-state index contributed by atoms with van der Waals surface area (Å²) in [5.74, 6) is -0.777. The predicted octanol–water partition coefficient (Wildman–Crippen LogP) is 3.67. The van der Waals surface area contributed by atoms with Crippen LogP contribution in [0, 0.1) is 0 Å². The predicted molar refractivity (Wildman–Crippen MR) is 87.1 cm³/mol. The highest BCUT2D eigenvalue weighted by molar-refractivity contribution is 7.14. The molecule has 0 saturated heterocycles. The molecular formula is C16H20N2O2S. The topological polar surface area (TPSA) is 53.4 Å². The molecule has 0 aliphatic heterocycles. The monoisotopic (exact) mass is 304 g/mol. The van der Waals surface area contributed by atoms with Crippen molar-refractivity contribution in [2.24, 2.45) is 0 Å². The summed E-state index contributed by atoms with van der Waals surface area (Å²) in [4.78, 5) is 17.3. The first-order valence-electron chi connectivity index (χ1n) is 7.15. The Morgan fingerprint density at radius 2 is 2.00 bits per heavy atom. The summed E-state index contributed by atoms with van der Waals surface area (Å²) < 4.78 is 0. The number of aromatic nitrogens is 1.